The molecular weight excluding hydrogens is 428 g/mol. The van der Waals surface area contributed by atoms with Gasteiger partial charge in [0, 0.05) is 36.6 Å². The van der Waals surface area contributed by atoms with Crippen LogP contribution in [0.4, 0.5) is 0 Å². The highest BCUT2D eigenvalue weighted by atomic mass is 35.5. The molecule has 1 fully saturated rings. The van der Waals surface area contributed by atoms with Crippen LogP contribution in [0.15, 0.2) is 47.4 Å². The number of nitrogens with one attached hydrogen (secondary N) is 1. The molecule has 0 bridgehead atoms. The Morgan fingerprint density at radius 1 is 1.10 bits per heavy atom. The average molecular weight is 453 g/mol. The van der Waals surface area contributed by atoms with Gasteiger partial charge < -0.3 is 14.8 Å². The predicted octanol–water partition coefficient (Wildman–Crippen LogP) is 3.07. The Labute approximate surface area is 182 Å². The fraction of sp³-hybridized carbons (Fsp3) is 0.381. The Bertz CT molecular complexity index is 1000. The van der Waals surface area contributed by atoms with Crippen molar-refractivity contribution in [2.24, 2.45) is 5.92 Å². The van der Waals surface area contributed by atoms with E-state index in [1.807, 2.05) is 18.2 Å². The number of halogens is 1. The first-order valence-electron chi connectivity index (χ1n) is 9.60. The van der Waals surface area contributed by atoms with Gasteiger partial charge in [-0.1, -0.05) is 29.8 Å². The van der Waals surface area contributed by atoms with Crippen LogP contribution in [-0.2, 0) is 21.4 Å². The van der Waals surface area contributed by atoms with E-state index >= 15 is 0 Å². The van der Waals surface area contributed by atoms with Gasteiger partial charge in [0.1, 0.15) is 0 Å². The number of carbonyl (C=O) groups excluding carboxylic acids is 1. The van der Waals surface area contributed by atoms with Crippen molar-refractivity contribution in [2.75, 3.05) is 27.3 Å². The molecule has 0 radical (unpaired) electrons. The molecule has 0 aliphatic carbocycles. The molecule has 1 amide bonds. The summed E-state index contributed by atoms with van der Waals surface area (Å²) in [6.45, 7) is 0.907. The highest BCUT2D eigenvalue weighted by Crippen LogP contribution is 2.32. The smallest absolute Gasteiger partial charge is 0.243 e. The highest BCUT2D eigenvalue weighted by Gasteiger charge is 2.32. The minimum absolute atomic E-state index is 0.0851. The van der Waals surface area contributed by atoms with Crippen molar-refractivity contribution in [3.63, 3.8) is 0 Å². The SMILES string of the molecule is COc1ccc(S(=O)(=O)N2CCC(C(=O)NCc3ccccc3Cl)CC2)cc1OC. The number of amides is 1. The quantitative estimate of drug-likeness (QED) is 0.697. The van der Waals surface area contributed by atoms with Crippen molar-refractivity contribution in [1.29, 1.82) is 0 Å². The highest BCUT2D eigenvalue weighted by molar-refractivity contribution is 7.89. The molecular formula is C21H25ClN2O5S. The largest absolute Gasteiger partial charge is 0.493 e. The van der Waals surface area contributed by atoms with Crippen molar-refractivity contribution in [3.8, 4) is 11.5 Å². The van der Waals surface area contributed by atoms with E-state index in [1.165, 1.54) is 30.7 Å². The summed E-state index contributed by atoms with van der Waals surface area (Å²) in [7, 11) is -0.728. The third kappa shape index (κ3) is 4.88. The lowest BCUT2D eigenvalue weighted by Crippen LogP contribution is -2.42. The fourth-order valence-corrected chi connectivity index (χ4v) is 5.14. The lowest BCUT2D eigenvalue weighted by atomic mass is 9.97. The van der Waals surface area contributed by atoms with Gasteiger partial charge in [-0.15, -0.1) is 0 Å². The average Bonchev–Trinajstić information content (AvgIpc) is 2.77. The molecule has 0 spiro atoms. The maximum atomic E-state index is 13.0. The van der Waals surface area contributed by atoms with Crippen LogP contribution >= 0.6 is 11.6 Å². The molecule has 1 N–H and O–H groups in total. The molecule has 9 heteroatoms. The second kappa shape index (κ2) is 9.68. The van der Waals surface area contributed by atoms with Crippen LogP contribution in [0, 0.1) is 5.92 Å². The standard InChI is InChI=1S/C21H25ClN2O5S/c1-28-19-8-7-17(13-20(19)29-2)30(26,27)24-11-9-15(10-12-24)21(25)23-14-16-5-3-4-6-18(16)22/h3-8,13,15H,9-12,14H2,1-2H3,(H,23,25). The number of benzene rings is 2. The van der Waals surface area contributed by atoms with Gasteiger partial charge >= 0.3 is 0 Å². The number of hydrogen-bond donors (Lipinski definition) is 1. The van der Waals surface area contributed by atoms with E-state index in [4.69, 9.17) is 21.1 Å². The van der Waals surface area contributed by atoms with E-state index in [0.29, 0.717) is 35.9 Å². The van der Waals surface area contributed by atoms with Gasteiger partial charge in [0.25, 0.3) is 0 Å². The minimum Gasteiger partial charge on any atom is -0.493 e. The van der Waals surface area contributed by atoms with E-state index in [1.54, 1.807) is 12.1 Å². The molecule has 1 heterocycles. The number of sulfonamides is 1. The van der Waals surface area contributed by atoms with Crippen LogP contribution in [0.1, 0.15) is 18.4 Å². The summed E-state index contributed by atoms with van der Waals surface area (Å²) in [5.74, 6) is 0.500. The molecule has 2 aromatic rings. The summed E-state index contributed by atoms with van der Waals surface area (Å²) in [6, 6.07) is 11.9. The normalized spacial score (nSPS) is 15.6. The summed E-state index contributed by atoms with van der Waals surface area (Å²) < 4.78 is 37.8. The van der Waals surface area contributed by atoms with Crippen molar-refractivity contribution in [3.05, 3.63) is 53.1 Å². The number of hydrogen-bond acceptors (Lipinski definition) is 5. The monoisotopic (exact) mass is 452 g/mol. The van der Waals surface area contributed by atoms with Crippen molar-refractivity contribution >= 4 is 27.5 Å². The molecule has 1 saturated heterocycles. The van der Waals surface area contributed by atoms with Crippen LogP contribution in [-0.4, -0.2) is 45.9 Å². The molecule has 0 atom stereocenters. The molecule has 1 aliphatic rings. The first-order chi connectivity index (χ1) is 14.4. The number of ether oxygens (including phenoxy) is 2. The zero-order valence-corrected chi connectivity index (χ0v) is 18.5. The third-order valence-corrected chi connectivity index (χ3v) is 7.49. The summed E-state index contributed by atoms with van der Waals surface area (Å²) >= 11 is 6.12. The summed E-state index contributed by atoms with van der Waals surface area (Å²) in [5.41, 5.74) is 0.848. The van der Waals surface area contributed by atoms with E-state index in [9.17, 15) is 13.2 Å². The van der Waals surface area contributed by atoms with Crippen LogP contribution < -0.4 is 14.8 Å². The minimum atomic E-state index is -3.68. The molecule has 30 heavy (non-hydrogen) atoms. The van der Waals surface area contributed by atoms with Crippen molar-refractivity contribution < 1.29 is 22.7 Å². The predicted molar refractivity (Wildman–Crippen MR) is 114 cm³/mol. The Morgan fingerprint density at radius 3 is 2.40 bits per heavy atom. The molecule has 0 saturated carbocycles. The first-order valence-corrected chi connectivity index (χ1v) is 11.4. The van der Waals surface area contributed by atoms with Gasteiger partial charge in [0.2, 0.25) is 15.9 Å². The molecule has 0 aromatic heterocycles. The van der Waals surface area contributed by atoms with E-state index in [0.717, 1.165) is 5.56 Å². The Kier molecular flexibility index (Phi) is 7.23. The van der Waals surface area contributed by atoms with E-state index in [2.05, 4.69) is 5.32 Å². The van der Waals surface area contributed by atoms with Gasteiger partial charge in [0.05, 0.1) is 19.1 Å². The molecule has 2 aromatic carbocycles. The van der Waals surface area contributed by atoms with Crippen molar-refractivity contribution in [1.82, 2.24) is 9.62 Å². The Hall–Kier alpha value is -2.29. The van der Waals surface area contributed by atoms with E-state index < -0.39 is 10.0 Å². The lowest BCUT2D eigenvalue weighted by molar-refractivity contribution is -0.126. The second-order valence-electron chi connectivity index (χ2n) is 7.00. The fourth-order valence-electron chi connectivity index (χ4n) is 3.45. The number of piperidine rings is 1. The molecule has 0 unspecified atom stereocenters. The summed E-state index contributed by atoms with van der Waals surface area (Å²) in [5, 5.41) is 3.51. The number of methoxy groups -OCH3 is 2. The van der Waals surface area contributed by atoms with Gasteiger partial charge in [-0.2, -0.15) is 4.31 Å². The molecule has 7 nitrogen and oxygen atoms in total. The van der Waals surface area contributed by atoms with Crippen LogP contribution in [0.25, 0.3) is 0 Å². The van der Waals surface area contributed by atoms with Gasteiger partial charge in [-0.25, -0.2) is 8.42 Å². The van der Waals surface area contributed by atoms with Crippen molar-refractivity contribution in [2.45, 2.75) is 24.3 Å². The zero-order chi connectivity index (χ0) is 21.7. The number of carbonyl (C=O) groups is 1. The third-order valence-electron chi connectivity index (χ3n) is 5.23. The van der Waals surface area contributed by atoms with Gasteiger partial charge in [0.15, 0.2) is 11.5 Å². The summed E-state index contributed by atoms with van der Waals surface area (Å²) in [4.78, 5) is 12.7. The number of nitrogens with zero attached hydrogens (tertiary/aromatic N) is 1. The Balaban J connectivity index is 1.60. The molecule has 3 rings (SSSR count). The second-order valence-corrected chi connectivity index (χ2v) is 9.35. The lowest BCUT2D eigenvalue weighted by Gasteiger charge is -2.30. The summed E-state index contributed by atoms with van der Waals surface area (Å²) in [6.07, 6.45) is 0.918. The van der Waals surface area contributed by atoms with Crippen LogP contribution in [0.3, 0.4) is 0 Å². The topological polar surface area (TPSA) is 84.9 Å². The molecule has 162 valence electrons. The Morgan fingerprint density at radius 2 is 1.77 bits per heavy atom. The zero-order valence-electron chi connectivity index (χ0n) is 16.9. The van der Waals surface area contributed by atoms with Crippen LogP contribution in [0.2, 0.25) is 5.02 Å². The van der Waals surface area contributed by atoms with Gasteiger partial charge in [-0.05, 0) is 36.6 Å². The van der Waals surface area contributed by atoms with Crippen LogP contribution in [0.5, 0.6) is 11.5 Å². The maximum Gasteiger partial charge on any atom is 0.243 e. The first kappa shape index (κ1) is 22.4. The van der Waals surface area contributed by atoms with Gasteiger partial charge in [-0.3, -0.25) is 4.79 Å². The number of rotatable bonds is 7. The molecule has 1 aliphatic heterocycles. The van der Waals surface area contributed by atoms with E-state index in [-0.39, 0.29) is 29.8 Å². The maximum absolute atomic E-state index is 13.0.